The third-order valence-corrected chi connectivity index (χ3v) is 2.21. The van der Waals surface area contributed by atoms with Gasteiger partial charge in [-0.3, -0.25) is 9.59 Å². The smallest absolute Gasteiger partial charge is 0.323 e. The number of aliphatic carboxylic acids is 1. The third kappa shape index (κ3) is 2.40. The highest BCUT2D eigenvalue weighted by atomic mass is 16.5. The van der Waals surface area contributed by atoms with Crippen molar-refractivity contribution in [3.05, 3.63) is 30.2 Å². The minimum Gasteiger partial charge on any atom is -0.480 e. The van der Waals surface area contributed by atoms with Crippen LogP contribution in [-0.2, 0) is 4.79 Å². The molecule has 0 saturated heterocycles. The molecule has 0 aliphatic carbocycles. The van der Waals surface area contributed by atoms with Crippen LogP contribution >= 0.6 is 0 Å². The monoisotopic (exact) mass is 250 g/mol. The molecular formula is C11H10N2O5. The molecule has 18 heavy (non-hydrogen) atoms. The van der Waals surface area contributed by atoms with Crippen molar-refractivity contribution in [1.29, 1.82) is 0 Å². The van der Waals surface area contributed by atoms with Crippen molar-refractivity contribution < 1.29 is 23.6 Å². The van der Waals surface area contributed by atoms with E-state index < -0.39 is 18.4 Å². The van der Waals surface area contributed by atoms with E-state index in [1.54, 1.807) is 12.1 Å². The van der Waals surface area contributed by atoms with Gasteiger partial charge in [0, 0.05) is 13.1 Å². The van der Waals surface area contributed by atoms with E-state index in [-0.39, 0.29) is 5.69 Å². The van der Waals surface area contributed by atoms with Crippen LogP contribution in [0, 0.1) is 0 Å². The minimum absolute atomic E-state index is 0.0325. The summed E-state index contributed by atoms with van der Waals surface area (Å²) in [6.07, 6.45) is 1.47. The number of aromatic nitrogens is 1. The van der Waals surface area contributed by atoms with Gasteiger partial charge < -0.3 is 18.9 Å². The van der Waals surface area contributed by atoms with Crippen molar-refractivity contribution in [2.75, 3.05) is 13.6 Å². The fourth-order valence-corrected chi connectivity index (χ4v) is 1.38. The zero-order valence-electron chi connectivity index (χ0n) is 9.49. The predicted molar refractivity (Wildman–Crippen MR) is 58.8 cm³/mol. The summed E-state index contributed by atoms with van der Waals surface area (Å²) in [7, 11) is 1.37. The first-order valence-corrected chi connectivity index (χ1v) is 5.06. The maximum Gasteiger partial charge on any atom is 0.323 e. The van der Waals surface area contributed by atoms with E-state index in [0.717, 1.165) is 4.90 Å². The summed E-state index contributed by atoms with van der Waals surface area (Å²) in [5.41, 5.74) is 0.0325. The van der Waals surface area contributed by atoms with E-state index in [0.29, 0.717) is 11.5 Å². The molecular weight excluding hydrogens is 240 g/mol. The molecule has 2 rings (SSSR count). The topological polar surface area (TPSA) is 96.8 Å². The summed E-state index contributed by atoms with van der Waals surface area (Å²) in [4.78, 5) is 23.3. The van der Waals surface area contributed by atoms with Crippen molar-refractivity contribution in [2.45, 2.75) is 0 Å². The Morgan fingerprint density at radius 3 is 2.83 bits per heavy atom. The van der Waals surface area contributed by atoms with Crippen molar-refractivity contribution in [2.24, 2.45) is 0 Å². The van der Waals surface area contributed by atoms with E-state index in [1.807, 2.05) is 0 Å². The Labute approximate surface area is 102 Å². The van der Waals surface area contributed by atoms with Crippen LogP contribution in [0.15, 0.2) is 33.4 Å². The van der Waals surface area contributed by atoms with Gasteiger partial charge in [0.2, 0.25) is 5.76 Å². The fourth-order valence-electron chi connectivity index (χ4n) is 1.38. The van der Waals surface area contributed by atoms with Gasteiger partial charge in [-0.1, -0.05) is 5.16 Å². The molecule has 94 valence electrons. The maximum absolute atomic E-state index is 11.8. The van der Waals surface area contributed by atoms with E-state index in [1.165, 1.54) is 19.4 Å². The molecule has 2 aromatic heterocycles. The normalized spacial score (nSPS) is 10.3. The summed E-state index contributed by atoms with van der Waals surface area (Å²) in [6, 6.07) is 4.74. The Hall–Kier alpha value is -2.57. The molecule has 0 unspecified atom stereocenters. The summed E-state index contributed by atoms with van der Waals surface area (Å²) < 4.78 is 10.0. The minimum atomic E-state index is -1.10. The van der Waals surface area contributed by atoms with E-state index in [9.17, 15) is 9.59 Å². The van der Waals surface area contributed by atoms with Crippen LogP contribution in [0.2, 0.25) is 0 Å². The van der Waals surface area contributed by atoms with Gasteiger partial charge in [-0.25, -0.2) is 0 Å². The largest absolute Gasteiger partial charge is 0.480 e. The summed E-state index contributed by atoms with van der Waals surface area (Å²) >= 11 is 0. The molecule has 0 aliphatic heterocycles. The lowest BCUT2D eigenvalue weighted by atomic mass is 10.3. The van der Waals surface area contributed by atoms with Crippen LogP contribution in [0.5, 0.6) is 0 Å². The van der Waals surface area contributed by atoms with Crippen LogP contribution in [0.25, 0.3) is 11.5 Å². The molecule has 0 fully saturated rings. The average molecular weight is 250 g/mol. The Morgan fingerprint density at radius 1 is 1.44 bits per heavy atom. The Balaban J connectivity index is 2.15. The second-order valence-corrected chi connectivity index (χ2v) is 3.61. The molecule has 0 radical (unpaired) electrons. The third-order valence-electron chi connectivity index (χ3n) is 2.21. The van der Waals surface area contributed by atoms with Gasteiger partial charge in [0.15, 0.2) is 11.5 Å². The quantitative estimate of drug-likeness (QED) is 0.872. The zero-order valence-corrected chi connectivity index (χ0v) is 9.49. The number of carboxylic acid groups (broad SMARTS) is 1. The zero-order chi connectivity index (χ0) is 13.1. The first kappa shape index (κ1) is 11.9. The molecule has 2 aromatic rings. The van der Waals surface area contributed by atoms with Crippen molar-refractivity contribution in [1.82, 2.24) is 10.1 Å². The number of rotatable bonds is 4. The maximum atomic E-state index is 11.8. The first-order chi connectivity index (χ1) is 8.58. The number of nitrogens with zero attached hydrogens (tertiary/aromatic N) is 2. The van der Waals surface area contributed by atoms with Crippen LogP contribution in [0.4, 0.5) is 0 Å². The Bertz CT molecular complexity index is 558. The van der Waals surface area contributed by atoms with Gasteiger partial charge in [0.1, 0.15) is 6.54 Å². The highest BCUT2D eigenvalue weighted by molar-refractivity contribution is 5.94. The molecule has 0 aliphatic rings. The molecule has 2 heterocycles. The number of likely N-dealkylation sites (N-methyl/N-ethyl adjacent to an activating group) is 1. The molecule has 7 heteroatoms. The molecule has 0 saturated carbocycles. The first-order valence-electron chi connectivity index (χ1n) is 5.06. The number of carbonyl (C=O) groups is 2. The summed E-state index contributed by atoms with van der Waals surface area (Å²) in [5, 5.41) is 12.2. The second-order valence-electron chi connectivity index (χ2n) is 3.61. The SMILES string of the molecule is CN(CC(=O)O)C(=O)c1cc(-c2ccco2)on1. The van der Waals surface area contributed by atoms with Gasteiger partial charge >= 0.3 is 5.97 Å². The molecule has 1 N–H and O–H groups in total. The van der Waals surface area contributed by atoms with Crippen LogP contribution < -0.4 is 0 Å². The standard InChI is InChI=1S/C11H10N2O5/c1-13(6-10(14)15)11(16)7-5-9(18-12-7)8-3-2-4-17-8/h2-5H,6H2,1H3,(H,14,15). The molecule has 0 bridgehead atoms. The number of amides is 1. The molecule has 0 atom stereocenters. The number of furan rings is 1. The molecule has 0 spiro atoms. The highest BCUT2D eigenvalue weighted by Crippen LogP contribution is 2.20. The second kappa shape index (κ2) is 4.74. The number of carboxylic acids is 1. The summed E-state index contributed by atoms with van der Waals surface area (Å²) in [6.45, 7) is -0.401. The van der Waals surface area contributed by atoms with E-state index >= 15 is 0 Å². The van der Waals surface area contributed by atoms with Crippen molar-refractivity contribution in [3.63, 3.8) is 0 Å². The Kier molecular flexibility index (Phi) is 3.13. The van der Waals surface area contributed by atoms with Gasteiger partial charge in [-0.2, -0.15) is 0 Å². The van der Waals surface area contributed by atoms with E-state index in [2.05, 4.69) is 5.16 Å². The molecule has 0 aromatic carbocycles. The van der Waals surface area contributed by atoms with Crippen molar-refractivity contribution in [3.8, 4) is 11.5 Å². The predicted octanol–water partition coefficient (Wildman–Crippen LogP) is 1.09. The lowest BCUT2D eigenvalue weighted by Gasteiger charge is -2.11. The Morgan fingerprint density at radius 2 is 2.22 bits per heavy atom. The van der Waals surface area contributed by atoms with Gasteiger partial charge in [-0.15, -0.1) is 0 Å². The average Bonchev–Trinajstić information content (AvgIpc) is 2.97. The van der Waals surface area contributed by atoms with E-state index in [4.69, 9.17) is 14.0 Å². The highest BCUT2D eigenvalue weighted by Gasteiger charge is 2.19. The van der Waals surface area contributed by atoms with Gasteiger partial charge in [0.05, 0.1) is 6.26 Å². The number of carbonyl (C=O) groups excluding carboxylic acids is 1. The van der Waals surface area contributed by atoms with Crippen LogP contribution in [0.1, 0.15) is 10.5 Å². The van der Waals surface area contributed by atoms with Crippen LogP contribution in [-0.4, -0.2) is 40.6 Å². The fraction of sp³-hybridized carbons (Fsp3) is 0.182. The van der Waals surface area contributed by atoms with Crippen LogP contribution in [0.3, 0.4) is 0 Å². The molecule has 1 amide bonds. The van der Waals surface area contributed by atoms with Crippen molar-refractivity contribution >= 4 is 11.9 Å². The lowest BCUT2D eigenvalue weighted by molar-refractivity contribution is -0.137. The van der Waals surface area contributed by atoms with Gasteiger partial charge in [-0.05, 0) is 12.1 Å². The number of hydrogen-bond donors (Lipinski definition) is 1. The lowest BCUT2D eigenvalue weighted by Crippen LogP contribution is -2.32. The van der Waals surface area contributed by atoms with Gasteiger partial charge in [0.25, 0.3) is 5.91 Å². The number of hydrogen-bond acceptors (Lipinski definition) is 5. The molecule has 7 nitrogen and oxygen atoms in total. The summed E-state index contributed by atoms with van der Waals surface area (Å²) in [5.74, 6) is -0.867.